The summed E-state index contributed by atoms with van der Waals surface area (Å²) in [7, 11) is 0. The smallest absolute Gasteiger partial charge is 0.338 e. The minimum atomic E-state index is -0.421. The molecule has 8 heteroatoms. The van der Waals surface area contributed by atoms with Crippen LogP contribution in [0.15, 0.2) is 53.6 Å². The van der Waals surface area contributed by atoms with Crippen molar-refractivity contribution in [3.63, 3.8) is 0 Å². The van der Waals surface area contributed by atoms with E-state index >= 15 is 0 Å². The van der Waals surface area contributed by atoms with Crippen LogP contribution in [0.3, 0.4) is 0 Å². The highest BCUT2D eigenvalue weighted by atomic mass is 32.2. The molecule has 0 radical (unpaired) electrons. The molecule has 0 saturated heterocycles. The van der Waals surface area contributed by atoms with Crippen LogP contribution in [-0.2, 0) is 9.53 Å². The number of allylic oxidation sites excluding steroid dienone is 1. The molecule has 0 bridgehead atoms. The molecule has 0 aliphatic carbocycles. The number of nitrogens with zero attached hydrogens (tertiary/aromatic N) is 4. The number of ether oxygens (including phenoxy) is 1. The summed E-state index contributed by atoms with van der Waals surface area (Å²) in [4.78, 5) is 21.3. The van der Waals surface area contributed by atoms with E-state index in [1.165, 1.54) is 0 Å². The van der Waals surface area contributed by atoms with Gasteiger partial charge in [0.05, 0.1) is 5.57 Å². The second kappa shape index (κ2) is 8.18. The van der Waals surface area contributed by atoms with Crippen LogP contribution in [-0.4, -0.2) is 38.1 Å². The van der Waals surface area contributed by atoms with Crippen LogP contribution in [0.1, 0.15) is 31.9 Å². The first kappa shape index (κ1) is 18.2. The minimum absolute atomic E-state index is 0.153. The lowest BCUT2D eigenvalue weighted by Gasteiger charge is -2.27. The Hall–Kier alpha value is -2.61. The highest BCUT2D eigenvalue weighted by Crippen LogP contribution is 2.36. The van der Waals surface area contributed by atoms with Crippen LogP contribution in [0.4, 0.5) is 5.95 Å². The summed E-state index contributed by atoms with van der Waals surface area (Å²) < 4.78 is 7.04. The zero-order valence-corrected chi connectivity index (χ0v) is 15.6. The second-order valence-corrected chi connectivity index (χ2v) is 6.81. The lowest BCUT2D eigenvalue weighted by atomic mass is 9.97. The van der Waals surface area contributed by atoms with Gasteiger partial charge in [-0.2, -0.15) is 4.98 Å². The van der Waals surface area contributed by atoms with E-state index < -0.39 is 12.0 Å². The van der Waals surface area contributed by atoms with Gasteiger partial charge in [-0.05, 0) is 31.0 Å². The molecule has 1 unspecified atom stereocenters. The third-order valence-corrected chi connectivity index (χ3v) is 4.89. The number of esters is 1. The monoisotopic (exact) mass is 371 g/mol. The van der Waals surface area contributed by atoms with Crippen molar-refractivity contribution in [1.82, 2.24) is 19.7 Å². The van der Waals surface area contributed by atoms with Gasteiger partial charge in [0.1, 0.15) is 12.6 Å². The summed E-state index contributed by atoms with van der Waals surface area (Å²) in [6.07, 6.45) is 5.98. The average molecular weight is 371 g/mol. The fourth-order valence-electron chi connectivity index (χ4n) is 2.72. The van der Waals surface area contributed by atoms with Crippen molar-refractivity contribution in [3.8, 4) is 0 Å². The van der Waals surface area contributed by atoms with E-state index in [-0.39, 0.29) is 6.61 Å². The van der Waals surface area contributed by atoms with Gasteiger partial charge in [0.2, 0.25) is 11.1 Å². The van der Waals surface area contributed by atoms with Gasteiger partial charge in [0.25, 0.3) is 0 Å². The van der Waals surface area contributed by atoms with Gasteiger partial charge in [-0.25, -0.2) is 9.48 Å². The van der Waals surface area contributed by atoms with Gasteiger partial charge < -0.3 is 10.1 Å². The van der Waals surface area contributed by atoms with Crippen LogP contribution in [0.25, 0.3) is 0 Å². The van der Waals surface area contributed by atoms with Gasteiger partial charge in [-0.15, -0.1) is 5.10 Å². The number of anilines is 1. The number of nitrogens with one attached hydrogen (secondary N) is 1. The Morgan fingerprint density at radius 3 is 2.92 bits per heavy atom. The lowest BCUT2D eigenvalue weighted by molar-refractivity contribution is -0.138. The van der Waals surface area contributed by atoms with Crippen molar-refractivity contribution in [2.45, 2.75) is 31.5 Å². The summed E-state index contributed by atoms with van der Waals surface area (Å²) in [5.41, 5.74) is 2.10. The summed E-state index contributed by atoms with van der Waals surface area (Å²) in [6, 6.07) is 3.32. The molecular weight excluding hydrogens is 350 g/mol. The van der Waals surface area contributed by atoms with Crippen LogP contribution < -0.4 is 5.32 Å². The molecular formula is C18H21N5O2S. The zero-order valence-electron chi connectivity index (χ0n) is 14.8. The largest absolute Gasteiger partial charge is 0.458 e. The van der Waals surface area contributed by atoms with Crippen LogP contribution in [0.5, 0.6) is 0 Å². The number of thioether (sulfide) groups is 1. The number of carbonyl (C=O) groups is 1. The Bertz CT molecular complexity index is 831. The van der Waals surface area contributed by atoms with E-state index in [0.29, 0.717) is 22.4 Å². The van der Waals surface area contributed by atoms with Gasteiger partial charge in [0.15, 0.2) is 0 Å². The second-order valence-electron chi connectivity index (χ2n) is 5.74. The van der Waals surface area contributed by atoms with E-state index in [0.717, 1.165) is 17.7 Å². The first-order valence-electron chi connectivity index (χ1n) is 8.40. The fraction of sp³-hybridized carbons (Fsp3) is 0.333. The minimum Gasteiger partial charge on any atom is -0.458 e. The predicted octanol–water partition coefficient (Wildman–Crippen LogP) is 3.19. The van der Waals surface area contributed by atoms with Crippen LogP contribution >= 0.6 is 11.8 Å². The van der Waals surface area contributed by atoms with Crippen molar-refractivity contribution in [1.29, 1.82) is 0 Å². The van der Waals surface area contributed by atoms with Gasteiger partial charge >= 0.3 is 5.97 Å². The summed E-state index contributed by atoms with van der Waals surface area (Å²) in [5, 5.41) is 8.48. The highest BCUT2D eigenvalue weighted by Gasteiger charge is 2.35. The standard InChI is InChI=1S/C18H21N5O2S/c1-4-10-25-16(24)14-12(3)20-17-21-18(26-11-5-2)22-23(17)15(14)13-6-8-19-9-7-13/h4,6-9,15H,1,5,10-11H2,2-3H3,(H,20,21,22). The number of aromatic nitrogens is 4. The first-order valence-corrected chi connectivity index (χ1v) is 9.39. The number of rotatable bonds is 7. The predicted molar refractivity (Wildman–Crippen MR) is 101 cm³/mol. The van der Waals surface area contributed by atoms with Gasteiger partial charge in [-0.3, -0.25) is 4.98 Å². The fourth-order valence-corrected chi connectivity index (χ4v) is 3.40. The number of fused-ring (bicyclic) bond motifs is 1. The molecule has 0 aromatic carbocycles. The first-order chi connectivity index (χ1) is 12.7. The zero-order chi connectivity index (χ0) is 18.5. The molecule has 0 amide bonds. The third kappa shape index (κ3) is 3.65. The van der Waals surface area contributed by atoms with Crippen molar-refractivity contribution in [3.05, 3.63) is 54.0 Å². The van der Waals surface area contributed by atoms with E-state index in [2.05, 4.69) is 33.9 Å². The maximum atomic E-state index is 12.7. The number of hydrogen-bond acceptors (Lipinski definition) is 7. The maximum absolute atomic E-state index is 12.7. The molecule has 0 fully saturated rings. The molecule has 7 nitrogen and oxygen atoms in total. The summed E-state index contributed by atoms with van der Waals surface area (Å²) in [6.45, 7) is 7.70. The molecule has 3 heterocycles. The molecule has 1 N–H and O–H groups in total. The molecule has 1 aliphatic rings. The van der Waals surface area contributed by atoms with E-state index in [9.17, 15) is 4.79 Å². The summed E-state index contributed by atoms with van der Waals surface area (Å²) >= 11 is 1.59. The molecule has 1 aliphatic heterocycles. The van der Waals surface area contributed by atoms with Crippen molar-refractivity contribution in [2.75, 3.05) is 17.7 Å². The highest BCUT2D eigenvalue weighted by molar-refractivity contribution is 7.99. The van der Waals surface area contributed by atoms with Crippen LogP contribution in [0.2, 0.25) is 0 Å². The van der Waals surface area contributed by atoms with Crippen molar-refractivity contribution >= 4 is 23.7 Å². The average Bonchev–Trinajstić information content (AvgIpc) is 3.06. The molecule has 136 valence electrons. The quantitative estimate of drug-likeness (QED) is 0.455. The molecule has 0 saturated carbocycles. The number of carbonyl (C=O) groups excluding carboxylic acids is 1. The third-order valence-electron chi connectivity index (χ3n) is 3.84. The Kier molecular flexibility index (Phi) is 5.72. The van der Waals surface area contributed by atoms with Crippen molar-refractivity contribution in [2.24, 2.45) is 0 Å². The molecule has 0 spiro atoms. The molecule has 3 rings (SSSR count). The van der Waals surface area contributed by atoms with Crippen molar-refractivity contribution < 1.29 is 9.53 Å². The van der Waals surface area contributed by atoms with E-state index in [1.54, 1.807) is 34.9 Å². The Morgan fingerprint density at radius 1 is 1.46 bits per heavy atom. The Balaban J connectivity index is 2.04. The molecule has 2 aromatic heterocycles. The molecule has 1 atom stereocenters. The van der Waals surface area contributed by atoms with E-state index in [4.69, 9.17) is 4.74 Å². The Labute approximate surface area is 156 Å². The molecule has 2 aromatic rings. The van der Waals surface area contributed by atoms with E-state index in [1.807, 2.05) is 19.1 Å². The number of hydrogen-bond donors (Lipinski definition) is 1. The van der Waals surface area contributed by atoms with Gasteiger partial charge in [0, 0.05) is 23.8 Å². The van der Waals surface area contributed by atoms with Crippen LogP contribution in [0, 0.1) is 0 Å². The SMILES string of the molecule is C=CCOC(=O)C1=C(C)Nc2nc(SCCC)nn2C1c1ccncc1. The molecule has 26 heavy (non-hydrogen) atoms. The van der Waals surface area contributed by atoms with Gasteiger partial charge in [-0.1, -0.05) is 31.3 Å². The maximum Gasteiger partial charge on any atom is 0.338 e. The lowest BCUT2D eigenvalue weighted by Crippen LogP contribution is -2.29. The topological polar surface area (TPSA) is 81.9 Å². The normalized spacial score (nSPS) is 16.0. The Morgan fingerprint density at radius 2 is 2.23 bits per heavy atom. The number of pyridine rings is 1. The summed E-state index contributed by atoms with van der Waals surface area (Å²) in [5.74, 6) is 1.15.